The van der Waals surface area contributed by atoms with Crippen LogP contribution in [0, 0.1) is 0 Å². The van der Waals surface area contributed by atoms with Gasteiger partial charge in [0.2, 0.25) is 0 Å². The molecule has 0 saturated heterocycles. The Morgan fingerprint density at radius 3 is 2.00 bits per heavy atom. The Morgan fingerprint density at radius 2 is 1.50 bits per heavy atom. The highest BCUT2D eigenvalue weighted by atomic mass is 16.3. The molecule has 82 valence electrons. The molecule has 0 aliphatic rings. The van der Waals surface area contributed by atoms with E-state index in [0.29, 0.717) is 11.4 Å². The Kier molecular flexibility index (Phi) is 3.24. The van der Waals surface area contributed by atoms with Gasteiger partial charge >= 0.3 is 0 Å². The first-order valence-electron chi connectivity index (χ1n) is 5.04. The largest absolute Gasteiger partial charge is 0.385 e. The standard InChI is InChI=1S/C12H13N3O/c13-11(9-5-1-3-7-14-9)12(16)10-6-2-4-8-15-10/h1-8,11-12,16H,13H2. The van der Waals surface area contributed by atoms with Crippen molar-refractivity contribution in [2.75, 3.05) is 0 Å². The molecule has 4 nitrogen and oxygen atoms in total. The van der Waals surface area contributed by atoms with Gasteiger partial charge in [0, 0.05) is 12.4 Å². The molecule has 3 N–H and O–H groups in total. The summed E-state index contributed by atoms with van der Waals surface area (Å²) in [5.41, 5.74) is 7.13. The number of rotatable bonds is 3. The van der Waals surface area contributed by atoms with Crippen molar-refractivity contribution in [3.05, 3.63) is 60.2 Å². The summed E-state index contributed by atoms with van der Waals surface area (Å²) in [5.74, 6) is 0. The van der Waals surface area contributed by atoms with Crippen LogP contribution in [0.25, 0.3) is 0 Å². The van der Waals surface area contributed by atoms with Crippen LogP contribution in [0.15, 0.2) is 48.8 Å². The molecule has 2 heterocycles. The van der Waals surface area contributed by atoms with E-state index in [1.165, 1.54) is 0 Å². The molecule has 0 radical (unpaired) electrons. The van der Waals surface area contributed by atoms with E-state index in [4.69, 9.17) is 5.73 Å². The maximum Gasteiger partial charge on any atom is 0.117 e. The third kappa shape index (κ3) is 2.24. The number of pyridine rings is 2. The molecule has 0 fully saturated rings. The Labute approximate surface area is 93.8 Å². The molecule has 2 rings (SSSR count). The summed E-state index contributed by atoms with van der Waals surface area (Å²) >= 11 is 0. The van der Waals surface area contributed by atoms with Crippen molar-refractivity contribution in [1.29, 1.82) is 0 Å². The molecule has 0 saturated carbocycles. The summed E-state index contributed by atoms with van der Waals surface area (Å²) in [6.07, 6.45) is 2.44. The van der Waals surface area contributed by atoms with E-state index in [1.807, 2.05) is 18.2 Å². The van der Waals surface area contributed by atoms with Gasteiger partial charge in [-0.1, -0.05) is 12.1 Å². The van der Waals surface area contributed by atoms with E-state index in [1.54, 1.807) is 30.6 Å². The second-order valence-electron chi connectivity index (χ2n) is 3.48. The minimum Gasteiger partial charge on any atom is -0.385 e. The molecule has 2 unspecified atom stereocenters. The maximum atomic E-state index is 10.0. The summed E-state index contributed by atoms with van der Waals surface area (Å²) < 4.78 is 0. The second-order valence-corrected chi connectivity index (χ2v) is 3.48. The van der Waals surface area contributed by atoms with E-state index in [0.717, 1.165) is 0 Å². The third-order valence-electron chi connectivity index (χ3n) is 2.36. The van der Waals surface area contributed by atoms with Gasteiger partial charge in [0.1, 0.15) is 6.10 Å². The molecule has 0 aliphatic carbocycles. The highest BCUT2D eigenvalue weighted by molar-refractivity contribution is 5.15. The second kappa shape index (κ2) is 4.83. The molecule has 0 aromatic carbocycles. The summed E-state index contributed by atoms with van der Waals surface area (Å²) in [5, 5.41) is 10.0. The molecule has 4 heteroatoms. The quantitative estimate of drug-likeness (QED) is 0.807. The van der Waals surface area contributed by atoms with Crippen molar-refractivity contribution in [2.45, 2.75) is 12.1 Å². The van der Waals surface area contributed by atoms with Crippen LogP contribution in [0.3, 0.4) is 0 Å². The summed E-state index contributed by atoms with van der Waals surface area (Å²) in [4.78, 5) is 8.18. The van der Waals surface area contributed by atoms with Crippen LogP contribution < -0.4 is 5.73 Å². The molecule has 16 heavy (non-hydrogen) atoms. The van der Waals surface area contributed by atoms with Crippen molar-refractivity contribution in [3.8, 4) is 0 Å². The summed E-state index contributed by atoms with van der Waals surface area (Å²) in [7, 11) is 0. The minimum atomic E-state index is -0.837. The van der Waals surface area contributed by atoms with Crippen molar-refractivity contribution in [1.82, 2.24) is 9.97 Å². The fraction of sp³-hybridized carbons (Fsp3) is 0.167. The SMILES string of the molecule is NC(c1ccccn1)C(O)c1ccccn1. The molecule has 0 bridgehead atoms. The van der Waals surface area contributed by atoms with Gasteiger partial charge in [0.25, 0.3) is 0 Å². The fourth-order valence-corrected chi connectivity index (χ4v) is 1.47. The van der Waals surface area contributed by atoms with E-state index in [2.05, 4.69) is 9.97 Å². The average Bonchev–Trinajstić information content (AvgIpc) is 2.39. The van der Waals surface area contributed by atoms with Gasteiger partial charge < -0.3 is 10.8 Å². The number of aliphatic hydroxyl groups excluding tert-OH is 1. The van der Waals surface area contributed by atoms with Crippen LogP contribution in [0.5, 0.6) is 0 Å². The first-order chi connectivity index (χ1) is 7.79. The van der Waals surface area contributed by atoms with Crippen LogP contribution in [-0.2, 0) is 0 Å². The van der Waals surface area contributed by atoms with Crippen LogP contribution in [0.4, 0.5) is 0 Å². The Morgan fingerprint density at radius 1 is 0.938 bits per heavy atom. The van der Waals surface area contributed by atoms with Crippen LogP contribution >= 0.6 is 0 Å². The maximum absolute atomic E-state index is 10.0. The first-order valence-corrected chi connectivity index (χ1v) is 5.04. The lowest BCUT2D eigenvalue weighted by Crippen LogP contribution is -2.21. The third-order valence-corrected chi connectivity index (χ3v) is 2.36. The van der Waals surface area contributed by atoms with Crippen molar-refractivity contribution in [3.63, 3.8) is 0 Å². The van der Waals surface area contributed by atoms with Gasteiger partial charge in [-0.25, -0.2) is 0 Å². The number of aromatic nitrogens is 2. The number of hydrogen-bond acceptors (Lipinski definition) is 4. The van der Waals surface area contributed by atoms with Gasteiger partial charge in [-0.3, -0.25) is 9.97 Å². The lowest BCUT2D eigenvalue weighted by atomic mass is 10.0. The number of aliphatic hydroxyl groups is 1. The predicted octanol–water partition coefficient (Wildman–Crippen LogP) is 1.21. The molecular weight excluding hydrogens is 202 g/mol. The first kappa shape index (κ1) is 10.7. The number of hydrogen-bond donors (Lipinski definition) is 2. The fourth-order valence-electron chi connectivity index (χ4n) is 1.47. The Hall–Kier alpha value is -1.78. The monoisotopic (exact) mass is 215 g/mol. The normalized spacial score (nSPS) is 14.4. The van der Waals surface area contributed by atoms with Gasteiger partial charge in [0.05, 0.1) is 17.4 Å². The topological polar surface area (TPSA) is 72.0 Å². The van der Waals surface area contributed by atoms with Crippen LogP contribution in [-0.4, -0.2) is 15.1 Å². The molecule has 2 atom stereocenters. The molecule has 0 amide bonds. The van der Waals surface area contributed by atoms with Crippen LogP contribution in [0.2, 0.25) is 0 Å². The lowest BCUT2D eigenvalue weighted by molar-refractivity contribution is 0.140. The zero-order valence-corrected chi connectivity index (χ0v) is 8.69. The van der Waals surface area contributed by atoms with Crippen molar-refractivity contribution in [2.24, 2.45) is 5.73 Å². The van der Waals surface area contributed by atoms with Crippen LogP contribution in [0.1, 0.15) is 23.5 Å². The van der Waals surface area contributed by atoms with E-state index < -0.39 is 12.1 Å². The van der Waals surface area contributed by atoms with E-state index >= 15 is 0 Å². The molecular formula is C12H13N3O. The highest BCUT2D eigenvalue weighted by Gasteiger charge is 2.20. The van der Waals surface area contributed by atoms with Gasteiger partial charge in [-0.15, -0.1) is 0 Å². The summed E-state index contributed by atoms with van der Waals surface area (Å²) in [6, 6.07) is 10.2. The lowest BCUT2D eigenvalue weighted by Gasteiger charge is -2.17. The number of nitrogens with zero attached hydrogens (tertiary/aromatic N) is 2. The zero-order valence-electron chi connectivity index (χ0n) is 8.69. The van der Waals surface area contributed by atoms with Gasteiger partial charge in [-0.2, -0.15) is 0 Å². The highest BCUT2D eigenvalue weighted by Crippen LogP contribution is 2.23. The van der Waals surface area contributed by atoms with E-state index in [-0.39, 0.29) is 0 Å². The van der Waals surface area contributed by atoms with E-state index in [9.17, 15) is 5.11 Å². The smallest absolute Gasteiger partial charge is 0.117 e. The van der Waals surface area contributed by atoms with Gasteiger partial charge in [-0.05, 0) is 24.3 Å². The molecule has 2 aromatic heterocycles. The number of nitrogens with two attached hydrogens (primary N) is 1. The Bertz CT molecular complexity index is 389. The Balaban J connectivity index is 2.20. The minimum absolute atomic E-state index is 0.556. The molecule has 0 aliphatic heterocycles. The molecule has 0 spiro atoms. The average molecular weight is 215 g/mol. The van der Waals surface area contributed by atoms with Crippen molar-refractivity contribution < 1.29 is 5.11 Å². The zero-order chi connectivity index (χ0) is 11.4. The van der Waals surface area contributed by atoms with Gasteiger partial charge in [0.15, 0.2) is 0 Å². The van der Waals surface area contributed by atoms with Crippen molar-refractivity contribution >= 4 is 0 Å². The predicted molar refractivity (Wildman–Crippen MR) is 60.4 cm³/mol. The summed E-state index contributed by atoms with van der Waals surface area (Å²) in [6.45, 7) is 0. The molecule has 2 aromatic rings.